The fourth-order valence-electron chi connectivity index (χ4n) is 6.28. The van der Waals surface area contributed by atoms with Crippen molar-refractivity contribution in [3.05, 3.63) is 83.4 Å². The second-order valence-electron chi connectivity index (χ2n) is 16.3. The van der Waals surface area contributed by atoms with Crippen molar-refractivity contribution in [3.63, 3.8) is 0 Å². The first-order valence-electron chi connectivity index (χ1n) is 19.0. The van der Waals surface area contributed by atoms with Gasteiger partial charge in [-0.25, -0.2) is 0 Å². The molecule has 53 heavy (non-hydrogen) atoms. The number of benzene rings is 2. The first-order chi connectivity index (χ1) is 25.0. The number of hydrogen-bond donors (Lipinski definition) is 1. The van der Waals surface area contributed by atoms with E-state index in [4.69, 9.17) is 27.7 Å². The molecule has 2 aliphatic heterocycles. The van der Waals surface area contributed by atoms with Crippen molar-refractivity contribution in [1.82, 2.24) is 5.32 Å². The molecular weight excluding hydrogens is 710 g/mol. The molecule has 1 amide bonds. The van der Waals surface area contributed by atoms with Gasteiger partial charge in [-0.05, 0) is 62.7 Å². The van der Waals surface area contributed by atoms with E-state index < -0.39 is 58.8 Å². The largest absolute Gasteiger partial charge is 0.409 e. The number of Topliss-reactive ketones (excluding diaryl/α,β-unsaturated/α-hetero) is 1. The molecular formula is C41H62NO9PSi. The summed E-state index contributed by atoms with van der Waals surface area (Å²) >= 11 is 0. The summed E-state index contributed by atoms with van der Waals surface area (Å²) in [7, 11) is -6.33. The quantitative estimate of drug-likeness (QED) is 0.0901. The third kappa shape index (κ3) is 13.1. The number of carbonyl (C=O) groups excluding carboxylic acids is 2. The molecule has 4 rings (SSSR count). The highest BCUT2D eigenvalue weighted by atomic mass is 31.2. The van der Waals surface area contributed by atoms with E-state index in [1.165, 1.54) is 12.5 Å². The summed E-state index contributed by atoms with van der Waals surface area (Å²) in [6.07, 6.45) is 1.00. The predicted molar refractivity (Wildman–Crippen MR) is 210 cm³/mol. The number of fused-ring (bicyclic) bond motifs is 1. The van der Waals surface area contributed by atoms with Gasteiger partial charge in [-0.15, -0.1) is 0 Å². The smallest absolute Gasteiger partial charge is 0.338 e. The Morgan fingerprint density at radius 1 is 0.981 bits per heavy atom. The molecule has 2 aliphatic rings. The third-order valence-electron chi connectivity index (χ3n) is 10.3. The number of nitrogens with one attached hydrogen (secondary N) is 1. The van der Waals surface area contributed by atoms with Crippen LogP contribution >= 0.6 is 7.60 Å². The van der Waals surface area contributed by atoms with Crippen molar-refractivity contribution in [1.29, 1.82) is 0 Å². The highest BCUT2D eigenvalue weighted by Crippen LogP contribution is 2.50. The Bertz CT molecular complexity index is 1540. The number of rotatable bonds is 18. The molecule has 2 aromatic rings. The van der Waals surface area contributed by atoms with Gasteiger partial charge in [-0.3, -0.25) is 14.2 Å². The molecule has 1 unspecified atom stereocenters. The van der Waals surface area contributed by atoms with Gasteiger partial charge in [-0.2, -0.15) is 0 Å². The second kappa shape index (κ2) is 19.4. The summed E-state index contributed by atoms with van der Waals surface area (Å²) < 4.78 is 52.6. The number of carbonyl (C=O) groups is 2. The van der Waals surface area contributed by atoms with Gasteiger partial charge in [-0.1, -0.05) is 100 Å². The summed E-state index contributed by atoms with van der Waals surface area (Å²) in [5, 5.41) is 2.90. The Hall–Kier alpha value is -2.47. The van der Waals surface area contributed by atoms with Crippen molar-refractivity contribution in [2.24, 2.45) is 5.92 Å². The SMILES string of the molecule is CC(=O)N[C@@H]1[C@@H](O[Si](C)(C)C(C)(C)C)[C@@H]2O[C@H](c3ccccc3)OC[C@H]2O[C@@H]1CC(=O)CP(=O)(OCC[C@H](C)CCC=C(C)C)OCc1ccccc1. The lowest BCUT2D eigenvalue weighted by atomic mass is 9.89. The number of amides is 1. The molecule has 294 valence electrons. The van der Waals surface area contributed by atoms with E-state index in [9.17, 15) is 14.2 Å². The maximum Gasteiger partial charge on any atom is 0.338 e. The Morgan fingerprint density at radius 2 is 1.64 bits per heavy atom. The van der Waals surface area contributed by atoms with Gasteiger partial charge >= 0.3 is 7.60 Å². The Kier molecular flexibility index (Phi) is 15.8. The van der Waals surface area contributed by atoms with Gasteiger partial charge in [0.05, 0.1) is 38.1 Å². The molecule has 1 N–H and O–H groups in total. The Morgan fingerprint density at radius 3 is 2.26 bits per heavy atom. The number of allylic oxidation sites excluding steroid dienone is 2. The van der Waals surface area contributed by atoms with Crippen LogP contribution in [0.25, 0.3) is 0 Å². The third-order valence-corrected chi connectivity index (χ3v) is 16.7. The lowest BCUT2D eigenvalue weighted by Crippen LogP contribution is -2.69. The maximum absolute atomic E-state index is 14.3. The summed E-state index contributed by atoms with van der Waals surface area (Å²) in [4.78, 5) is 26.8. The predicted octanol–water partition coefficient (Wildman–Crippen LogP) is 8.92. The average Bonchev–Trinajstić information content (AvgIpc) is 3.08. The van der Waals surface area contributed by atoms with Crippen molar-refractivity contribution in [3.8, 4) is 0 Å². The molecule has 0 bridgehead atoms. The van der Waals surface area contributed by atoms with Crippen LogP contribution in [-0.4, -0.2) is 69.8 Å². The van der Waals surface area contributed by atoms with E-state index in [1.807, 2.05) is 60.7 Å². The van der Waals surface area contributed by atoms with Crippen molar-refractivity contribution < 1.29 is 41.8 Å². The normalized spacial score (nSPS) is 25.1. The van der Waals surface area contributed by atoms with E-state index in [-0.39, 0.29) is 43.0 Å². The Balaban J connectivity index is 1.55. The van der Waals surface area contributed by atoms with Crippen LogP contribution < -0.4 is 5.32 Å². The van der Waals surface area contributed by atoms with Crippen molar-refractivity contribution >= 4 is 27.6 Å². The van der Waals surface area contributed by atoms with Crippen LogP contribution in [0.15, 0.2) is 72.3 Å². The first-order valence-corrected chi connectivity index (χ1v) is 23.6. The summed E-state index contributed by atoms with van der Waals surface area (Å²) in [6, 6.07) is 18.3. The molecule has 0 aliphatic carbocycles. The number of ether oxygens (including phenoxy) is 3. The topological polar surface area (TPSA) is 119 Å². The van der Waals surface area contributed by atoms with Crippen LogP contribution in [0.2, 0.25) is 18.1 Å². The minimum absolute atomic E-state index is 0.0411. The van der Waals surface area contributed by atoms with Gasteiger partial charge in [0.15, 0.2) is 14.6 Å². The van der Waals surface area contributed by atoms with Gasteiger partial charge in [0, 0.05) is 18.9 Å². The molecule has 0 saturated carbocycles. The summed E-state index contributed by atoms with van der Waals surface area (Å²) in [5.74, 6) is -0.309. The monoisotopic (exact) mass is 771 g/mol. The standard InChI is InChI=1S/C41H62NO9PSi/c1-29(2)17-16-18-30(3)23-24-47-52(45,48-26-32-19-12-10-13-20-32)28-34(44)25-35-37(42-31(4)43)39(51-53(8,9)41(5,6)7)38-36(49-35)27-46-40(50-38)33-21-14-11-15-22-33/h10-15,17,19-22,30,35-40H,16,18,23-28H2,1-9H3,(H,42,43)/t30-,35-,36-,37+,38-,39-,40-,52?/m1/s1. The van der Waals surface area contributed by atoms with Crippen LogP contribution in [0.4, 0.5) is 0 Å². The zero-order valence-electron chi connectivity index (χ0n) is 33.2. The van der Waals surface area contributed by atoms with Gasteiger partial charge in [0.25, 0.3) is 0 Å². The van der Waals surface area contributed by atoms with Crippen molar-refractivity contribution in [2.45, 2.75) is 136 Å². The second-order valence-corrected chi connectivity index (χ2v) is 23.1. The van der Waals surface area contributed by atoms with Crippen LogP contribution in [0.5, 0.6) is 0 Å². The maximum atomic E-state index is 14.3. The molecule has 2 aromatic carbocycles. The minimum atomic E-state index is -3.87. The Labute approximate surface area is 318 Å². The van der Waals surface area contributed by atoms with E-state index in [1.54, 1.807) is 0 Å². The van der Waals surface area contributed by atoms with Gasteiger partial charge in [0.1, 0.15) is 24.2 Å². The molecule has 0 spiro atoms. The van der Waals surface area contributed by atoms with E-state index >= 15 is 0 Å². The molecule has 2 fully saturated rings. The number of ketones is 1. The highest BCUT2D eigenvalue weighted by molar-refractivity contribution is 7.54. The molecule has 2 heterocycles. The van der Waals surface area contributed by atoms with Gasteiger partial charge < -0.3 is 33.0 Å². The van der Waals surface area contributed by atoms with E-state index in [0.29, 0.717) is 12.3 Å². The lowest BCUT2D eigenvalue weighted by Gasteiger charge is -2.52. The highest BCUT2D eigenvalue weighted by Gasteiger charge is 2.54. The molecule has 12 heteroatoms. The molecule has 0 radical (unpaired) electrons. The fourth-order valence-corrected chi connectivity index (χ4v) is 9.14. The van der Waals surface area contributed by atoms with Crippen LogP contribution in [0.3, 0.4) is 0 Å². The van der Waals surface area contributed by atoms with Crippen LogP contribution in [0, 0.1) is 5.92 Å². The molecule has 2 saturated heterocycles. The summed E-state index contributed by atoms with van der Waals surface area (Å²) in [6.45, 7) is 18.9. The number of hydrogen-bond acceptors (Lipinski definition) is 9. The van der Waals surface area contributed by atoms with Gasteiger partial charge in [0.2, 0.25) is 5.91 Å². The average molecular weight is 772 g/mol. The summed E-state index contributed by atoms with van der Waals surface area (Å²) in [5.41, 5.74) is 2.96. The zero-order valence-corrected chi connectivity index (χ0v) is 35.1. The first kappa shape index (κ1) is 43.3. The molecule has 8 atom stereocenters. The fraction of sp³-hybridized carbons (Fsp3) is 0.610. The molecule has 10 nitrogen and oxygen atoms in total. The zero-order chi connectivity index (χ0) is 38.8. The molecule has 0 aromatic heterocycles. The van der Waals surface area contributed by atoms with Crippen molar-refractivity contribution in [2.75, 3.05) is 19.4 Å². The minimum Gasteiger partial charge on any atom is -0.409 e. The van der Waals surface area contributed by atoms with E-state index in [2.05, 4.69) is 66.0 Å². The van der Waals surface area contributed by atoms with E-state index in [0.717, 1.165) is 24.0 Å². The lowest BCUT2D eigenvalue weighted by molar-refractivity contribution is -0.312. The van der Waals surface area contributed by atoms with Crippen LogP contribution in [-0.2, 0) is 48.4 Å². The van der Waals surface area contributed by atoms with Crippen LogP contribution in [0.1, 0.15) is 91.6 Å².